The molecule has 0 fully saturated rings. The summed E-state index contributed by atoms with van der Waals surface area (Å²) in [7, 11) is 0. The standard InChI is InChI=1S/C25H22ClN3O3/c1-2-31-24-14-18(12-13-23(24)32-17-20-10-6-7-11-22(20)26)16-28-29-25(30)21(15-27)19-8-4-3-5-9-19/h3-14,16,21H,2,17H2,1H3,(H,29,30)/b28-16-/t21-/m1/s1. The lowest BCUT2D eigenvalue weighted by Gasteiger charge is -2.13. The summed E-state index contributed by atoms with van der Waals surface area (Å²) in [6.07, 6.45) is 1.48. The summed E-state index contributed by atoms with van der Waals surface area (Å²) >= 11 is 6.19. The Bertz CT molecular complexity index is 1130. The molecule has 3 aromatic carbocycles. The SMILES string of the molecule is CCOc1cc(/C=N\NC(=O)[C@H](C#N)c2ccccc2)ccc1OCc1ccccc1Cl. The normalized spacial score (nSPS) is 11.5. The first-order valence-electron chi connectivity index (χ1n) is 10.0. The van der Waals surface area contributed by atoms with Crippen molar-refractivity contribution >= 4 is 23.7 Å². The number of carbonyl (C=O) groups is 1. The number of ether oxygens (including phenoxy) is 2. The predicted molar refractivity (Wildman–Crippen MR) is 124 cm³/mol. The van der Waals surface area contributed by atoms with E-state index in [1.54, 1.807) is 42.5 Å². The minimum absolute atomic E-state index is 0.304. The molecule has 3 rings (SSSR count). The zero-order chi connectivity index (χ0) is 22.8. The second-order valence-electron chi connectivity index (χ2n) is 6.73. The number of carbonyl (C=O) groups excluding carboxylic acids is 1. The number of nitrogens with zero attached hydrogens (tertiary/aromatic N) is 2. The molecule has 6 nitrogen and oxygen atoms in total. The zero-order valence-electron chi connectivity index (χ0n) is 17.5. The van der Waals surface area contributed by atoms with Gasteiger partial charge in [-0.05, 0) is 42.3 Å². The van der Waals surface area contributed by atoms with Crippen LogP contribution in [0.2, 0.25) is 5.02 Å². The quantitative estimate of drug-likeness (QED) is 0.366. The van der Waals surface area contributed by atoms with Gasteiger partial charge in [0.15, 0.2) is 17.4 Å². The smallest absolute Gasteiger partial charge is 0.261 e. The third-order valence-electron chi connectivity index (χ3n) is 4.52. The first-order valence-corrected chi connectivity index (χ1v) is 10.4. The maximum Gasteiger partial charge on any atom is 0.261 e. The van der Waals surface area contributed by atoms with Crippen LogP contribution >= 0.6 is 11.6 Å². The fourth-order valence-corrected chi connectivity index (χ4v) is 3.12. The molecule has 0 radical (unpaired) electrons. The number of hydrogen-bond donors (Lipinski definition) is 1. The van der Waals surface area contributed by atoms with Crippen LogP contribution in [0.3, 0.4) is 0 Å². The number of rotatable bonds is 9. The van der Waals surface area contributed by atoms with Crippen LogP contribution in [-0.2, 0) is 11.4 Å². The lowest BCUT2D eigenvalue weighted by Crippen LogP contribution is -2.24. The van der Waals surface area contributed by atoms with Crippen molar-refractivity contribution in [3.05, 3.63) is 94.5 Å². The van der Waals surface area contributed by atoms with E-state index in [2.05, 4.69) is 10.5 Å². The van der Waals surface area contributed by atoms with E-state index in [1.807, 2.05) is 43.3 Å². The molecule has 0 aliphatic heterocycles. The number of hydrazone groups is 1. The van der Waals surface area contributed by atoms with Crippen LogP contribution in [0, 0.1) is 11.3 Å². The van der Waals surface area contributed by atoms with Gasteiger partial charge in [-0.3, -0.25) is 4.79 Å². The highest BCUT2D eigenvalue weighted by atomic mass is 35.5. The maximum absolute atomic E-state index is 12.3. The summed E-state index contributed by atoms with van der Waals surface area (Å²) in [4.78, 5) is 12.3. The molecule has 0 bridgehead atoms. The van der Waals surface area contributed by atoms with E-state index in [1.165, 1.54) is 6.21 Å². The molecule has 32 heavy (non-hydrogen) atoms. The van der Waals surface area contributed by atoms with Gasteiger partial charge in [0.2, 0.25) is 0 Å². The van der Waals surface area contributed by atoms with Crippen LogP contribution < -0.4 is 14.9 Å². The van der Waals surface area contributed by atoms with E-state index in [9.17, 15) is 10.1 Å². The van der Waals surface area contributed by atoms with Crippen molar-refractivity contribution in [2.75, 3.05) is 6.61 Å². The van der Waals surface area contributed by atoms with Gasteiger partial charge in [0.1, 0.15) is 6.61 Å². The van der Waals surface area contributed by atoms with Gasteiger partial charge in [-0.25, -0.2) is 5.43 Å². The molecule has 0 spiro atoms. The van der Waals surface area contributed by atoms with Gasteiger partial charge < -0.3 is 9.47 Å². The van der Waals surface area contributed by atoms with Gasteiger partial charge in [0.05, 0.1) is 18.9 Å². The molecule has 0 aliphatic rings. The molecular weight excluding hydrogens is 426 g/mol. The highest BCUT2D eigenvalue weighted by molar-refractivity contribution is 6.31. The lowest BCUT2D eigenvalue weighted by molar-refractivity contribution is -0.121. The highest BCUT2D eigenvalue weighted by Gasteiger charge is 2.19. The van der Waals surface area contributed by atoms with Gasteiger partial charge >= 0.3 is 0 Å². The molecule has 3 aromatic rings. The number of nitrogens with one attached hydrogen (secondary N) is 1. The molecule has 162 valence electrons. The van der Waals surface area contributed by atoms with Gasteiger partial charge in [0.25, 0.3) is 5.91 Å². The zero-order valence-corrected chi connectivity index (χ0v) is 18.3. The van der Waals surface area contributed by atoms with Crippen molar-refractivity contribution in [3.63, 3.8) is 0 Å². The number of amides is 1. The van der Waals surface area contributed by atoms with E-state index < -0.39 is 11.8 Å². The minimum Gasteiger partial charge on any atom is -0.490 e. The Morgan fingerprint density at radius 1 is 1.09 bits per heavy atom. The average Bonchev–Trinajstić information content (AvgIpc) is 2.81. The fraction of sp³-hybridized carbons (Fsp3) is 0.160. The second-order valence-corrected chi connectivity index (χ2v) is 7.13. The fourth-order valence-electron chi connectivity index (χ4n) is 2.93. The topological polar surface area (TPSA) is 83.7 Å². The van der Waals surface area contributed by atoms with Gasteiger partial charge in [0, 0.05) is 10.6 Å². The third kappa shape index (κ3) is 6.10. The van der Waals surface area contributed by atoms with E-state index in [-0.39, 0.29) is 0 Å². The Labute approximate surface area is 192 Å². The summed E-state index contributed by atoms with van der Waals surface area (Å²) in [5.74, 6) is -0.316. The number of benzene rings is 3. The Morgan fingerprint density at radius 2 is 1.84 bits per heavy atom. The Kier molecular flexibility index (Phi) is 8.24. The summed E-state index contributed by atoms with van der Waals surface area (Å²) in [6, 6.07) is 23.6. The van der Waals surface area contributed by atoms with Crippen molar-refractivity contribution in [3.8, 4) is 17.6 Å². The first-order chi connectivity index (χ1) is 15.6. The molecule has 0 heterocycles. The van der Waals surface area contributed by atoms with Crippen molar-refractivity contribution in [2.24, 2.45) is 5.10 Å². The highest BCUT2D eigenvalue weighted by Crippen LogP contribution is 2.29. The Morgan fingerprint density at radius 3 is 2.56 bits per heavy atom. The predicted octanol–water partition coefficient (Wildman–Crippen LogP) is 5.08. The average molecular weight is 448 g/mol. The van der Waals surface area contributed by atoms with Crippen LogP contribution in [0.15, 0.2) is 77.9 Å². The Hall–Kier alpha value is -3.82. The second kappa shape index (κ2) is 11.5. The van der Waals surface area contributed by atoms with Crippen LogP contribution in [-0.4, -0.2) is 18.7 Å². The number of hydrogen-bond acceptors (Lipinski definition) is 5. The van der Waals surface area contributed by atoms with Crippen molar-refractivity contribution in [2.45, 2.75) is 19.4 Å². The largest absolute Gasteiger partial charge is 0.490 e. The summed E-state index contributed by atoms with van der Waals surface area (Å²) < 4.78 is 11.6. The molecule has 1 amide bonds. The monoisotopic (exact) mass is 447 g/mol. The molecule has 0 aliphatic carbocycles. The summed E-state index contributed by atoms with van der Waals surface area (Å²) in [6.45, 7) is 2.64. The summed E-state index contributed by atoms with van der Waals surface area (Å²) in [5, 5.41) is 14.0. The first kappa shape index (κ1) is 22.9. The lowest BCUT2D eigenvalue weighted by atomic mass is 10.0. The molecular formula is C25H22ClN3O3. The molecule has 0 saturated carbocycles. The van der Waals surface area contributed by atoms with E-state index in [4.69, 9.17) is 21.1 Å². The molecule has 0 unspecified atom stereocenters. The number of nitriles is 1. The van der Waals surface area contributed by atoms with Gasteiger partial charge in [-0.1, -0.05) is 60.1 Å². The van der Waals surface area contributed by atoms with Crippen molar-refractivity contribution in [1.29, 1.82) is 5.26 Å². The van der Waals surface area contributed by atoms with Gasteiger partial charge in [-0.15, -0.1) is 0 Å². The maximum atomic E-state index is 12.3. The summed E-state index contributed by atoms with van der Waals surface area (Å²) in [5.41, 5.74) is 4.61. The van der Waals surface area contributed by atoms with Gasteiger partial charge in [-0.2, -0.15) is 10.4 Å². The van der Waals surface area contributed by atoms with Crippen LogP contribution in [0.4, 0.5) is 0 Å². The van der Waals surface area contributed by atoms with E-state index in [0.29, 0.717) is 40.9 Å². The molecule has 1 atom stereocenters. The minimum atomic E-state index is -0.937. The molecule has 0 saturated heterocycles. The van der Waals surface area contributed by atoms with Crippen molar-refractivity contribution < 1.29 is 14.3 Å². The van der Waals surface area contributed by atoms with E-state index in [0.717, 1.165) is 5.56 Å². The van der Waals surface area contributed by atoms with E-state index >= 15 is 0 Å². The molecule has 1 N–H and O–H groups in total. The third-order valence-corrected chi connectivity index (χ3v) is 4.89. The van der Waals surface area contributed by atoms with Crippen LogP contribution in [0.5, 0.6) is 11.5 Å². The van der Waals surface area contributed by atoms with Crippen LogP contribution in [0.1, 0.15) is 29.5 Å². The molecule has 0 aromatic heterocycles. The molecule has 7 heteroatoms. The number of halogens is 1. The van der Waals surface area contributed by atoms with Crippen molar-refractivity contribution in [1.82, 2.24) is 5.43 Å². The Balaban J connectivity index is 1.67. The van der Waals surface area contributed by atoms with Crippen LogP contribution in [0.25, 0.3) is 0 Å².